The first-order valence-electron chi connectivity index (χ1n) is 10.9. The van der Waals surface area contributed by atoms with Crippen molar-refractivity contribution < 1.29 is 4.79 Å². The van der Waals surface area contributed by atoms with E-state index in [-0.39, 0.29) is 11.4 Å². The summed E-state index contributed by atoms with van der Waals surface area (Å²) >= 11 is 7.55. The maximum atomic E-state index is 12.9. The van der Waals surface area contributed by atoms with Gasteiger partial charge in [0.05, 0.1) is 10.6 Å². The van der Waals surface area contributed by atoms with E-state index in [1.807, 2.05) is 38.1 Å². The molecule has 6 nitrogen and oxygen atoms in total. The fraction of sp³-hybridized carbons (Fsp3) is 0.154. The summed E-state index contributed by atoms with van der Waals surface area (Å²) < 4.78 is 2.15. The van der Waals surface area contributed by atoms with E-state index >= 15 is 0 Å². The van der Waals surface area contributed by atoms with Crippen LogP contribution in [0.2, 0.25) is 5.02 Å². The first-order chi connectivity index (χ1) is 16.4. The van der Waals surface area contributed by atoms with Crippen molar-refractivity contribution in [1.29, 1.82) is 5.41 Å². The maximum Gasteiger partial charge on any atom is 0.283 e. The van der Waals surface area contributed by atoms with Crippen LogP contribution in [0.1, 0.15) is 35.0 Å². The lowest BCUT2D eigenvalue weighted by Gasteiger charge is -2.20. The third-order valence-corrected chi connectivity index (χ3v) is 7.20. The normalized spacial score (nSPS) is 16.7. The lowest BCUT2D eigenvalue weighted by Crippen LogP contribution is -2.35. The Bertz CT molecular complexity index is 1430. The highest BCUT2D eigenvalue weighted by atomic mass is 35.5. The Morgan fingerprint density at radius 1 is 1.12 bits per heavy atom. The number of benzene rings is 2. The zero-order valence-corrected chi connectivity index (χ0v) is 20.5. The molecule has 0 unspecified atom stereocenters. The first kappa shape index (κ1) is 22.4. The molecule has 170 valence electrons. The summed E-state index contributed by atoms with van der Waals surface area (Å²) in [4.78, 5) is 17.1. The maximum absolute atomic E-state index is 12.9. The molecule has 3 heterocycles. The Balaban J connectivity index is 1.50. The minimum atomic E-state index is -0.448. The van der Waals surface area contributed by atoms with Crippen molar-refractivity contribution in [3.63, 3.8) is 0 Å². The summed E-state index contributed by atoms with van der Waals surface area (Å²) in [5, 5.41) is 16.2. The number of amidine groups is 2. The number of halogens is 1. The number of thioether (sulfide) groups is 1. The van der Waals surface area contributed by atoms with Crippen LogP contribution in [0.5, 0.6) is 0 Å². The van der Waals surface area contributed by atoms with Gasteiger partial charge in [-0.3, -0.25) is 10.2 Å². The molecule has 0 saturated carbocycles. The Morgan fingerprint density at radius 2 is 1.85 bits per heavy atom. The van der Waals surface area contributed by atoms with Crippen molar-refractivity contribution in [2.75, 3.05) is 0 Å². The third-order valence-electron chi connectivity index (χ3n) is 5.93. The number of rotatable bonds is 4. The summed E-state index contributed by atoms with van der Waals surface area (Å²) in [7, 11) is 0. The van der Waals surface area contributed by atoms with Crippen LogP contribution in [0.3, 0.4) is 0 Å². The van der Waals surface area contributed by atoms with E-state index in [0.29, 0.717) is 15.2 Å². The molecule has 34 heavy (non-hydrogen) atoms. The molecule has 1 N–H and O–H groups in total. The molecule has 0 spiro atoms. The van der Waals surface area contributed by atoms with Crippen LogP contribution in [-0.4, -0.2) is 31.5 Å². The van der Waals surface area contributed by atoms with Crippen LogP contribution in [0, 0.1) is 19.3 Å². The Kier molecular flexibility index (Phi) is 5.75. The molecule has 1 aromatic heterocycles. The van der Waals surface area contributed by atoms with Crippen molar-refractivity contribution in [3.05, 3.63) is 93.3 Å². The molecule has 5 rings (SSSR count). The van der Waals surface area contributed by atoms with E-state index in [4.69, 9.17) is 17.0 Å². The van der Waals surface area contributed by atoms with Gasteiger partial charge in [0.1, 0.15) is 5.04 Å². The molecule has 2 aliphatic heterocycles. The van der Waals surface area contributed by atoms with Crippen LogP contribution in [0.25, 0.3) is 11.8 Å². The van der Waals surface area contributed by atoms with Crippen molar-refractivity contribution in [1.82, 2.24) is 9.58 Å². The lowest BCUT2D eigenvalue weighted by atomic mass is 10.1. The second kappa shape index (κ2) is 8.74. The van der Waals surface area contributed by atoms with Gasteiger partial charge >= 0.3 is 0 Å². The second-order valence-electron chi connectivity index (χ2n) is 8.09. The minimum Gasteiger partial charge on any atom is -0.318 e. The van der Waals surface area contributed by atoms with Gasteiger partial charge < -0.3 is 4.57 Å². The molecule has 0 fully saturated rings. The Morgan fingerprint density at radius 3 is 2.56 bits per heavy atom. The van der Waals surface area contributed by atoms with Gasteiger partial charge in [-0.1, -0.05) is 48.9 Å². The summed E-state index contributed by atoms with van der Waals surface area (Å²) in [5.41, 5.74) is 6.19. The van der Waals surface area contributed by atoms with Crippen LogP contribution in [0.4, 0.5) is 0 Å². The second-order valence-corrected chi connectivity index (χ2v) is 9.45. The predicted octanol–water partition coefficient (Wildman–Crippen LogP) is 5.98. The van der Waals surface area contributed by atoms with Gasteiger partial charge in [-0.25, -0.2) is 0 Å². The van der Waals surface area contributed by atoms with Crippen molar-refractivity contribution in [3.8, 4) is 5.69 Å². The SMILES string of the molecule is CCc1ccc(-n2c(C)cc(/C=C3/C(=N)N4N=C(c5ccccc5Cl)SC4=NC3=O)c2C)cc1. The van der Waals surface area contributed by atoms with Gasteiger partial charge in [0.2, 0.25) is 5.17 Å². The van der Waals surface area contributed by atoms with Crippen molar-refractivity contribution in [2.24, 2.45) is 10.1 Å². The van der Waals surface area contributed by atoms with Gasteiger partial charge in [-0.05, 0) is 73.5 Å². The predicted molar refractivity (Wildman–Crippen MR) is 140 cm³/mol. The standard InChI is InChI=1S/C26H22ClN5OS/c1-4-17-9-11-19(12-10-17)31-15(2)13-18(16(31)3)14-21-23(28)32-26(29-24(21)33)34-25(30-32)20-7-5-6-8-22(20)27/h5-14,28H,4H2,1-3H3/b21-14-,28-23?. The summed E-state index contributed by atoms with van der Waals surface area (Å²) in [6.07, 6.45) is 2.72. The number of aryl methyl sites for hydroxylation is 2. The first-order valence-corrected chi connectivity index (χ1v) is 12.1. The van der Waals surface area contributed by atoms with E-state index in [2.05, 4.69) is 45.9 Å². The minimum absolute atomic E-state index is 0.00153. The molecule has 0 saturated heterocycles. The van der Waals surface area contributed by atoms with Crippen molar-refractivity contribution >= 4 is 51.4 Å². The van der Waals surface area contributed by atoms with Gasteiger partial charge in [0.25, 0.3) is 5.91 Å². The van der Waals surface area contributed by atoms with Gasteiger partial charge in [0, 0.05) is 22.6 Å². The number of hydrogen-bond donors (Lipinski definition) is 1. The largest absolute Gasteiger partial charge is 0.318 e. The molecule has 1 amide bonds. The van der Waals surface area contributed by atoms with E-state index in [1.54, 1.807) is 12.1 Å². The number of hydrogen-bond acceptors (Lipinski definition) is 4. The average molecular weight is 488 g/mol. The Hall–Kier alpha value is -3.42. The highest BCUT2D eigenvalue weighted by molar-refractivity contribution is 8.27. The molecule has 0 radical (unpaired) electrons. The topological polar surface area (TPSA) is 73.8 Å². The smallest absolute Gasteiger partial charge is 0.283 e. The molecular weight excluding hydrogens is 466 g/mol. The third kappa shape index (κ3) is 3.81. The number of hydrazone groups is 1. The highest BCUT2D eigenvalue weighted by Crippen LogP contribution is 2.33. The Labute approximate surface area is 207 Å². The van der Waals surface area contributed by atoms with E-state index in [0.717, 1.165) is 34.6 Å². The number of amides is 1. The summed E-state index contributed by atoms with van der Waals surface area (Å²) in [6, 6.07) is 17.8. The molecule has 3 aromatic rings. The highest BCUT2D eigenvalue weighted by Gasteiger charge is 2.36. The van der Waals surface area contributed by atoms with Gasteiger partial charge in [-0.15, -0.1) is 0 Å². The fourth-order valence-corrected chi connectivity index (χ4v) is 5.31. The van der Waals surface area contributed by atoms with E-state index in [9.17, 15) is 4.79 Å². The average Bonchev–Trinajstić information content (AvgIpc) is 3.37. The number of aromatic nitrogens is 1. The van der Waals surface area contributed by atoms with Crippen LogP contribution in [0.15, 0.2) is 70.3 Å². The van der Waals surface area contributed by atoms with Crippen LogP contribution >= 0.6 is 23.4 Å². The molecule has 2 aromatic carbocycles. The number of fused-ring (bicyclic) bond motifs is 1. The van der Waals surface area contributed by atoms with E-state index < -0.39 is 5.91 Å². The van der Waals surface area contributed by atoms with Crippen LogP contribution < -0.4 is 0 Å². The monoisotopic (exact) mass is 487 g/mol. The number of carbonyl (C=O) groups is 1. The molecule has 0 atom stereocenters. The fourth-order valence-electron chi connectivity index (χ4n) is 4.10. The van der Waals surface area contributed by atoms with Crippen molar-refractivity contribution in [2.45, 2.75) is 27.2 Å². The summed E-state index contributed by atoms with van der Waals surface area (Å²) in [5.74, 6) is -0.446. The number of aliphatic imine (C=N–C) groups is 1. The molecular formula is C26H22ClN5OS. The summed E-state index contributed by atoms with van der Waals surface area (Å²) in [6.45, 7) is 6.18. The molecule has 0 aliphatic carbocycles. The molecule has 0 bridgehead atoms. The quantitative estimate of drug-likeness (QED) is 0.460. The van der Waals surface area contributed by atoms with Gasteiger partial charge in [-0.2, -0.15) is 15.1 Å². The zero-order chi connectivity index (χ0) is 24.0. The van der Waals surface area contributed by atoms with Gasteiger partial charge in [0.15, 0.2) is 5.84 Å². The molecule has 2 aliphatic rings. The van der Waals surface area contributed by atoms with Crippen LogP contribution in [-0.2, 0) is 11.2 Å². The number of carbonyl (C=O) groups excluding carboxylic acids is 1. The number of nitrogens with zero attached hydrogens (tertiary/aromatic N) is 4. The van der Waals surface area contributed by atoms with E-state index in [1.165, 1.54) is 22.3 Å². The zero-order valence-electron chi connectivity index (χ0n) is 19.0. The lowest BCUT2D eigenvalue weighted by molar-refractivity contribution is -0.114. The molecule has 8 heteroatoms. The number of nitrogens with one attached hydrogen (secondary N) is 1.